The van der Waals surface area contributed by atoms with Crippen molar-refractivity contribution in [2.24, 2.45) is 0 Å². The van der Waals surface area contributed by atoms with Crippen molar-refractivity contribution in [1.82, 2.24) is 20.2 Å². The summed E-state index contributed by atoms with van der Waals surface area (Å²) in [6.07, 6.45) is 1.47. The standard InChI is InChI=1S/C17H19N5O2S/c1-17(2,3)13-4-10-16(11-5-13)25(23,24)19-14-6-8-15(9-7-14)22-12-18-20-21-22/h4-12,19H,1-3H3. The molecule has 8 heteroatoms. The van der Waals surface area contributed by atoms with Gasteiger partial charge in [0.15, 0.2) is 0 Å². The van der Waals surface area contributed by atoms with E-state index in [1.54, 1.807) is 36.4 Å². The summed E-state index contributed by atoms with van der Waals surface area (Å²) < 4.78 is 29.1. The zero-order chi connectivity index (χ0) is 18.1. The lowest BCUT2D eigenvalue weighted by Crippen LogP contribution is -2.15. The summed E-state index contributed by atoms with van der Waals surface area (Å²) in [5, 5.41) is 10.9. The molecule has 25 heavy (non-hydrogen) atoms. The monoisotopic (exact) mass is 357 g/mol. The van der Waals surface area contributed by atoms with Crippen molar-refractivity contribution in [2.45, 2.75) is 31.1 Å². The van der Waals surface area contributed by atoms with Crippen LogP contribution < -0.4 is 4.72 Å². The second-order valence-electron chi connectivity index (χ2n) is 6.68. The lowest BCUT2D eigenvalue weighted by Gasteiger charge is -2.19. The number of aromatic nitrogens is 4. The van der Waals surface area contributed by atoms with Gasteiger partial charge in [-0.3, -0.25) is 4.72 Å². The number of benzene rings is 2. The lowest BCUT2D eigenvalue weighted by molar-refractivity contribution is 0.587. The summed E-state index contributed by atoms with van der Waals surface area (Å²) in [6.45, 7) is 6.25. The third-order valence-electron chi connectivity index (χ3n) is 3.76. The number of anilines is 1. The van der Waals surface area contributed by atoms with Crippen molar-refractivity contribution >= 4 is 15.7 Å². The first kappa shape index (κ1) is 17.1. The van der Waals surface area contributed by atoms with Crippen molar-refractivity contribution in [2.75, 3.05) is 4.72 Å². The van der Waals surface area contributed by atoms with E-state index in [2.05, 4.69) is 41.0 Å². The van der Waals surface area contributed by atoms with Crippen LogP contribution >= 0.6 is 0 Å². The van der Waals surface area contributed by atoms with Crippen LogP contribution in [0, 0.1) is 0 Å². The van der Waals surface area contributed by atoms with Crippen LogP contribution in [-0.4, -0.2) is 28.6 Å². The Morgan fingerprint density at radius 3 is 2.12 bits per heavy atom. The van der Waals surface area contributed by atoms with Gasteiger partial charge in [0.25, 0.3) is 10.0 Å². The fourth-order valence-electron chi connectivity index (χ4n) is 2.31. The lowest BCUT2D eigenvalue weighted by atomic mass is 9.87. The van der Waals surface area contributed by atoms with Crippen LogP contribution in [0.25, 0.3) is 5.69 Å². The summed E-state index contributed by atoms with van der Waals surface area (Å²) in [4.78, 5) is 0.227. The molecule has 0 amide bonds. The number of hydrogen-bond donors (Lipinski definition) is 1. The molecule has 1 N–H and O–H groups in total. The van der Waals surface area contributed by atoms with Gasteiger partial charge < -0.3 is 0 Å². The molecule has 3 rings (SSSR count). The Labute approximate surface area is 146 Å². The minimum absolute atomic E-state index is 0.0260. The number of rotatable bonds is 4. The summed E-state index contributed by atoms with van der Waals surface area (Å²) in [5.74, 6) is 0. The van der Waals surface area contributed by atoms with E-state index in [0.717, 1.165) is 11.3 Å². The van der Waals surface area contributed by atoms with Crippen molar-refractivity contribution in [3.8, 4) is 5.69 Å². The molecule has 0 fully saturated rings. The molecule has 0 unspecified atom stereocenters. The molecule has 0 saturated carbocycles. The van der Waals surface area contributed by atoms with Gasteiger partial charge in [-0.2, -0.15) is 0 Å². The molecule has 1 heterocycles. The zero-order valence-electron chi connectivity index (χ0n) is 14.2. The van der Waals surface area contributed by atoms with Gasteiger partial charge in [0.2, 0.25) is 0 Å². The highest BCUT2D eigenvalue weighted by molar-refractivity contribution is 7.92. The quantitative estimate of drug-likeness (QED) is 0.775. The average molecular weight is 357 g/mol. The molecular formula is C17H19N5O2S. The molecule has 2 aromatic carbocycles. The van der Waals surface area contributed by atoms with Crippen LogP contribution in [-0.2, 0) is 15.4 Å². The maximum atomic E-state index is 12.5. The molecule has 0 aliphatic heterocycles. The van der Waals surface area contributed by atoms with Gasteiger partial charge in [-0.25, -0.2) is 13.1 Å². The van der Waals surface area contributed by atoms with Crippen molar-refractivity contribution in [1.29, 1.82) is 0 Å². The largest absolute Gasteiger partial charge is 0.280 e. The fourth-order valence-corrected chi connectivity index (χ4v) is 3.37. The number of nitrogens with one attached hydrogen (secondary N) is 1. The fraction of sp³-hybridized carbons (Fsp3) is 0.235. The zero-order valence-corrected chi connectivity index (χ0v) is 15.0. The van der Waals surface area contributed by atoms with E-state index in [-0.39, 0.29) is 10.3 Å². The Morgan fingerprint density at radius 2 is 1.60 bits per heavy atom. The van der Waals surface area contributed by atoms with Crippen LogP contribution in [0.2, 0.25) is 0 Å². The van der Waals surface area contributed by atoms with Crippen molar-refractivity contribution in [3.05, 3.63) is 60.4 Å². The average Bonchev–Trinajstić information content (AvgIpc) is 3.09. The molecule has 0 bridgehead atoms. The van der Waals surface area contributed by atoms with E-state index < -0.39 is 10.0 Å². The predicted molar refractivity (Wildman–Crippen MR) is 95.1 cm³/mol. The first-order chi connectivity index (χ1) is 11.8. The smallest absolute Gasteiger partial charge is 0.261 e. The summed E-state index contributed by atoms with van der Waals surface area (Å²) in [6, 6.07) is 13.7. The van der Waals surface area contributed by atoms with Crippen LogP contribution in [0.5, 0.6) is 0 Å². The molecule has 0 aliphatic rings. The maximum Gasteiger partial charge on any atom is 0.261 e. The minimum Gasteiger partial charge on any atom is -0.280 e. The van der Waals surface area contributed by atoms with E-state index >= 15 is 0 Å². The normalized spacial score (nSPS) is 12.1. The molecule has 0 aliphatic carbocycles. The van der Waals surface area contributed by atoms with Crippen molar-refractivity contribution in [3.63, 3.8) is 0 Å². The number of tetrazole rings is 1. The van der Waals surface area contributed by atoms with Gasteiger partial charge in [0, 0.05) is 5.69 Å². The summed E-state index contributed by atoms with van der Waals surface area (Å²) in [5.41, 5.74) is 2.26. The van der Waals surface area contributed by atoms with Crippen LogP contribution in [0.1, 0.15) is 26.3 Å². The molecule has 0 atom stereocenters. The molecule has 0 radical (unpaired) electrons. The Kier molecular flexibility index (Phi) is 4.30. The molecule has 0 saturated heterocycles. The molecule has 0 spiro atoms. The van der Waals surface area contributed by atoms with Gasteiger partial charge in [-0.1, -0.05) is 32.9 Å². The van der Waals surface area contributed by atoms with E-state index in [1.807, 2.05) is 12.1 Å². The number of hydrogen-bond acceptors (Lipinski definition) is 5. The number of nitrogens with zero attached hydrogens (tertiary/aromatic N) is 4. The van der Waals surface area contributed by atoms with Gasteiger partial charge in [-0.05, 0) is 57.8 Å². The summed E-state index contributed by atoms with van der Waals surface area (Å²) in [7, 11) is -3.64. The molecule has 3 aromatic rings. The Bertz CT molecular complexity index is 942. The second kappa shape index (κ2) is 6.29. The molecule has 1 aromatic heterocycles. The summed E-state index contributed by atoms with van der Waals surface area (Å²) >= 11 is 0. The third-order valence-corrected chi connectivity index (χ3v) is 5.16. The van der Waals surface area contributed by atoms with Crippen LogP contribution in [0.3, 0.4) is 0 Å². The molecule has 7 nitrogen and oxygen atoms in total. The van der Waals surface area contributed by atoms with E-state index in [4.69, 9.17) is 0 Å². The predicted octanol–water partition coefficient (Wildman–Crippen LogP) is 2.76. The molecular weight excluding hydrogens is 338 g/mol. The first-order valence-corrected chi connectivity index (χ1v) is 9.21. The van der Waals surface area contributed by atoms with Crippen LogP contribution in [0.15, 0.2) is 59.8 Å². The highest BCUT2D eigenvalue weighted by atomic mass is 32.2. The van der Waals surface area contributed by atoms with Gasteiger partial charge in [-0.15, -0.1) is 5.10 Å². The van der Waals surface area contributed by atoms with Gasteiger partial charge >= 0.3 is 0 Å². The SMILES string of the molecule is CC(C)(C)c1ccc(S(=O)(=O)Nc2ccc(-n3cnnn3)cc2)cc1. The van der Waals surface area contributed by atoms with Gasteiger partial charge in [0.1, 0.15) is 6.33 Å². The van der Waals surface area contributed by atoms with Crippen molar-refractivity contribution < 1.29 is 8.42 Å². The highest BCUT2D eigenvalue weighted by Gasteiger charge is 2.17. The molecule has 130 valence electrons. The number of sulfonamides is 1. The highest BCUT2D eigenvalue weighted by Crippen LogP contribution is 2.24. The first-order valence-electron chi connectivity index (χ1n) is 7.72. The minimum atomic E-state index is -3.64. The Morgan fingerprint density at radius 1 is 0.960 bits per heavy atom. The maximum absolute atomic E-state index is 12.5. The topological polar surface area (TPSA) is 89.8 Å². The van der Waals surface area contributed by atoms with Gasteiger partial charge in [0.05, 0.1) is 10.6 Å². The van der Waals surface area contributed by atoms with Crippen LogP contribution in [0.4, 0.5) is 5.69 Å². The Balaban J connectivity index is 1.79. The third kappa shape index (κ3) is 3.85. The van der Waals surface area contributed by atoms with E-state index in [9.17, 15) is 8.42 Å². The second-order valence-corrected chi connectivity index (χ2v) is 8.36. The van der Waals surface area contributed by atoms with E-state index in [1.165, 1.54) is 11.0 Å². The van der Waals surface area contributed by atoms with E-state index in [0.29, 0.717) is 5.69 Å². The Hall–Kier alpha value is -2.74.